The molecule has 0 fully saturated rings. The van der Waals surface area contributed by atoms with Crippen molar-refractivity contribution in [2.45, 2.75) is 4.90 Å². The first-order chi connectivity index (χ1) is 11.8. The number of aromatic hydroxyl groups is 1. The van der Waals surface area contributed by atoms with Gasteiger partial charge in [-0.25, -0.2) is 22.3 Å². The van der Waals surface area contributed by atoms with Gasteiger partial charge in [0.1, 0.15) is 5.75 Å². The van der Waals surface area contributed by atoms with Gasteiger partial charge in [-0.2, -0.15) is 0 Å². The van der Waals surface area contributed by atoms with Gasteiger partial charge in [-0.15, -0.1) is 0 Å². The van der Waals surface area contributed by atoms with Crippen LogP contribution in [0.3, 0.4) is 0 Å². The van der Waals surface area contributed by atoms with E-state index in [-0.39, 0.29) is 21.8 Å². The van der Waals surface area contributed by atoms with Crippen LogP contribution in [0.5, 0.6) is 5.75 Å². The summed E-state index contributed by atoms with van der Waals surface area (Å²) in [4.78, 5) is -0.0881. The van der Waals surface area contributed by atoms with Gasteiger partial charge in [0.25, 0.3) is 0 Å². The Labute approximate surface area is 143 Å². The summed E-state index contributed by atoms with van der Waals surface area (Å²) in [5, 5.41) is 15.2. The molecule has 0 amide bonds. The first-order valence-electron chi connectivity index (χ1n) is 7.10. The second-order valence-electron chi connectivity index (χ2n) is 5.28. The summed E-state index contributed by atoms with van der Waals surface area (Å²) in [5.74, 6) is -2.40. The third kappa shape index (κ3) is 3.24. The second-order valence-corrected chi connectivity index (χ2v) is 6.85. The Balaban J connectivity index is 2.22. The zero-order valence-electron chi connectivity index (χ0n) is 12.7. The second kappa shape index (κ2) is 6.27. The van der Waals surface area contributed by atoms with Crippen LogP contribution in [0.15, 0.2) is 59.5 Å². The summed E-state index contributed by atoms with van der Waals surface area (Å²) in [5.41, 5.74) is 0.690. The monoisotopic (exact) mass is 360 g/mol. The Morgan fingerprint density at radius 3 is 2.32 bits per heavy atom. The van der Waals surface area contributed by atoms with E-state index in [1.165, 1.54) is 48.5 Å². The third-order valence-electron chi connectivity index (χ3n) is 3.67. The zero-order valence-corrected chi connectivity index (χ0v) is 13.5. The number of nitrogens with two attached hydrogens (primary N) is 1. The van der Waals surface area contributed by atoms with Crippen LogP contribution < -0.4 is 5.14 Å². The van der Waals surface area contributed by atoms with Crippen molar-refractivity contribution in [1.29, 1.82) is 0 Å². The van der Waals surface area contributed by atoms with Crippen molar-refractivity contribution >= 4 is 10.0 Å². The van der Waals surface area contributed by atoms with Gasteiger partial charge in [-0.3, -0.25) is 0 Å². The molecule has 0 saturated carbocycles. The highest BCUT2D eigenvalue weighted by Gasteiger charge is 2.18. The van der Waals surface area contributed by atoms with E-state index in [2.05, 4.69) is 6.07 Å². The normalized spacial score (nSPS) is 11.5. The van der Waals surface area contributed by atoms with Crippen LogP contribution in [0.1, 0.15) is 0 Å². The Morgan fingerprint density at radius 2 is 1.68 bits per heavy atom. The summed E-state index contributed by atoms with van der Waals surface area (Å²) in [7, 11) is -3.85. The van der Waals surface area contributed by atoms with Crippen LogP contribution in [-0.4, -0.2) is 13.5 Å². The van der Waals surface area contributed by atoms with Crippen molar-refractivity contribution in [3.05, 3.63) is 72.3 Å². The molecule has 127 valence electrons. The van der Waals surface area contributed by atoms with E-state index in [0.29, 0.717) is 11.1 Å². The minimum atomic E-state index is -3.85. The van der Waals surface area contributed by atoms with E-state index in [1.807, 2.05) is 0 Å². The zero-order chi connectivity index (χ0) is 18.2. The molecule has 0 unspecified atom stereocenters. The molecule has 0 aromatic heterocycles. The van der Waals surface area contributed by atoms with Gasteiger partial charge in [-0.1, -0.05) is 30.3 Å². The van der Waals surface area contributed by atoms with Crippen LogP contribution in [0.25, 0.3) is 22.3 Å². The molecule has 0 heterocycles. The highest BCUT2D eigenvalue weighted by Crippen LogP contribution is 2.39. The molecule has 7 heteroatoms. The highest BCUT2D eigenvalue weighted by atomic mass is 32.2. The molecule has 1 radical (unpaired) electrons. The first-order valence-corrected chi connectivity index (χ1v) is 8.65. The molecule has 0 atom stereocenters. The summed E-state index contributed by atoms with van der Waals surface area (Å²) in [6.45, 7) is 0. The maximum absolute atomic E-state index is 14.2. The average Bonchev–Trinajstić information content (AvgIpc) is 2.57. The van der Waals surface area contributed by atoms with Gasteiger partial charge in [0.15, 0.2) is 11.6 Å². The Morgan fingerprint density at radius 1 is 1.00 bits per heavy atom. The lowest BCUT2D eigenvalue weighted by molar-refractivity contribution is 0.475. The number of benzene rings is 3. The minimum absolute atomic E-state index is 0.0582. The summed E-state index contributed by atoms with van der Waals surface area (Å²) < 4.78 is 50.4. The fourth-order valence-corrected chi connectivity index (χ4v) is 3.01. The SMILES string of the molecule is NS(=O)(=O)c1ccc(-c2[c]ccc(O)c2-c2cccc(F)c2F)cc1. The lowest BCUT2D eigenvalue weighted by Crippen LogP contribution is -2.11. The van der Waals surface area contributed by atoms with Gasteiger partial charge in [-0.05, 0) is 35.9 Å². The Kier molecular flexibility index (Phi) is 4.28. The van der Waals surface area contributed by atoms with E-state index < -0.39 is 21.7 Å². The molecule has 0 aliphatic rings. The molecule has 3 aromatic rings. The van der Waals surface area contributed by atoms with Crippen LogP contribution in [0, 0.1) is 17.7 Å². The fourth-order valence-electron chi connectivity index (χ4n) is 2.50. The molecule has 4 nitrogen and oxygen atoms in total. The van der Waals surface area contributed by atoms with E-state index >= 15 is 0 Å². The highest BCUT2D eigenvalue weighted by molar-refractivity contribution is 7.89. The predicted octanol–water partition coefficient (Wildman–Crippen LogP) is 3.45. The molecule has 3 rings (SSSR count). The third-order valence-corrected chi connectivity index (χ3v) is 4.60. The maximum Gasteiger partial charge on any atom is 0.238 e. The van der Waals surface area contributed by atoms with E-state index in [1.54, 1.807) is 0 Å². The molecular formula is C18H12F2NO3S. The molecule has 25 heavy (non-hydrogen) atoms. The molecular weight excluding hydrogens is 348 g/mol. The number of phenolic OH excluding ortho intramolecular Hbond substituents is 1. The number of hydrogen-bond acceptors (Lipinski definition) is 3. The molecule has 3 N–H and O–H groups in total. The smallest absolute Gasteiger partial charge is 0.238 e. The van der Waals surface area contributed by atoms with Crippen molar-refractivity contribution in [2.75, 3.05) is 0 Å². The number of halogens is 2. The predicted molar refractivity (Wildman–Crippen MR) is 89.1 cm³/mol. The largest absolute Gasteiger partial charge is 0.507 e. The molecule has 0 bridgehead atoms. The molecule has 0 aliphatic heterocycles. The van der Waals surface area contributed by atoms with Crippen molar-refractivity contribution in [3.63, 3.8) is 0 Å². The summed E-state index contributed by atoms with van der Waals surface area (Å²) >= 11 is 0. The van der Waals surface area contributed by atoms with E-state index in [0.717, 1.165) is 6.07 Å². The minimum Gasteiger partial charge on any atom is -0.507 e. The number of primary sulfonamides is 1. The number of hydrogen-bond donors (Lipinski definition) is 2. The van der Waals surface area contributed by atoms with Gasteiger partial charge < -0.3 is 5.11 Å². The molecule has 3 aromatic carbocycles. The molecule has 0 spiro atoms. The van der Waals surface area contributed by atoms with Gasteiger partial charge >= 0.3 is 0 Å². The quantitative estimate of drug-likeness (QED) is 0.751. The van der Waals surface area contributed by atoms with Crippen LogP contribution in [-0.2, 0) is 10.0 Å². The van der Waals surface area contributed by atoms with Gasteiger partial charge in [0.05, 0.1) is 4.90 Å². The van der Waals surface area contributed by atoms with Crippen molar-refractivity contribution in [2.24, 2.45) is 5.14 Å². The Bertz CT molecular complexity index is 1050. The molecule has 0 aliphatic carbocycles. The van der Waals surface area contributed by atoms with Crippen molar-refractivity contribution < 1.29 is 22.3 Å². The standard InChI is InChI=1S/C18H12F2NO3S/c19-15-5-1-4-14(18(15)20)17-13(3-2-6-16(17)22)11-7-9-12(10-8-11)25(21,23)24/h1-2,4-10,22H,(H2,21,23,24). The van der Waals surface area contributed by atoms with E-state index in [4.69, 9.17) is 5.14 Å². The number of sulfonamides is 1. The van der Waals surface area contributed by atoms with Crippen LogP contribution in [0.2, 0.25) is 0 Å². The summed E-state index contributed by atoms with van der Waals surface area (Å²) in [6.07, 6.45) is 0. The lowest BCUT2D eigenvalue weighted by atomic mass is 9.93. The maximum atomic E-state index is 14.2. The van der Waals surface area contributed by atoms with E-state index in [9.17, 15) is 22.3 Å². The Hall–Kier alpha value is -2.77. The number of rotatable bonds is 3. The summed E-state index contributed by atoms with van der Waals surface area (Å²) in [6, 6.07) is 14.7. The van der Waals surface area contributed by atoms with Crippen LogP contribution >= 0.6 is 0 Å². The van der Waals surface area contributed by atoms with Crippen LogP contribution in [0.4, 0.5) is 8.78 Å². The van der Waals surface area contributed by atoms with Gasteiger partial charge in [0.2, 0.25) is 10.0 Å². The first kappa shape index (κ1) is 17.1. The topological polar surface area (TPSA) is 80.4 Å². The fraction of sp³-hybridized carbons (Fsp3) is 0. The number of phenols is 1. The van der Waals surface area contributed by atoms with Crippen molar-refractivity contribution in [3.8, 4) is 28.0 Å². The lowest BCUT2D eigenvalue weighted by Gasteiger charge is -2.13. The average molecular weight is 360 g/mol. The van der Waals surface area contributed by atoms with Crippen molar-refractivity contribution in [1.82, 2.24) is 0 Å². The van der Waals surface area contributed by atoms with Gasteiger partial charge in [0, 0.05) is 16.7 Å². The molecule has 0 saturated heterocycles.